The molecule has 0 fully saturated rings. The zero-order chi connectivity index (χ0) is 28.8. The predicted molar refractivity (Wildman–Crippen MR) is 152 cm³/mol. The molecule has 0 atom stereocenters. The van der Waals surface area contributed by atoms with Gasteiger partial charge in [-0.1, -0.05) is 24.8 Å². The van der Waals surface area contributed by atoms with E-state index in [9.17, 15) is 18.4 Å². The van der Waals surface area contributed by atoms with E-state index in [1.165, 1.54) is 18.3 Å². The minimum atomic E-state index is -0.780. The number of rotatable bonds is 4. The topological polar surface area (TPSA) is 92.7 Å². The van der Waals surface area contributed by atoms with Crippen LogP contribution in [-0.2, 0) is 6.42 Å². The minimum absolute atomic E-state index is 0.0655. The number of halogens is 2. The number of amides is 1. The van der Waals surface area contributed by atoms with Gasteiger partial charge in [-0.2, -0.15) is 0 Å². The number of aryl methyl sites for hydroxylation is 2. The third kappa shape index (κ3) is 6.24. The number of carbonyl (C=O) groups is 1. The van der Waals surface area contributed by atoms with E-state index >= 15 is 0 Å². The predicted octanol–water partition coefficient (Wildman–Crippen LogP) is 5.47. The fraction of sp³-hybridized carbons (Fsp3) is 0.226. The Morgan fingerprint density at radius 2 is 1.90 bits per heavy atom. The molecule has 5 rings (SSSR count). The van der Waals surface area contributed by atoms with Crippen LogP contribution < -0.4 is 10.9 Å². The van der Waals surface area contributed by atoms with Crippen LogP contribution >= 0.6 is 0 Å². The van der Waals surface area contributed by atoms with E-state index in [4.69, 9.17) is 0 Å². The molecule has 0 bridgehead atoms. The summed E-state index contributed by atoms with van der Waals surface area (Å²) in [5, 5.41) is 3.64. The number of nitrogens with one attached hydrogen (secondary N) is 2. The first-order valence-electron chi connectivity index (χ1n) is 12.9. The molecule has 0 saturated carbocycles. The van der Waals surface area contributed by atoms with E-state index in [0.717, 1.165) is 51.4 Å². The summed E-state index contributed by atoms with van der Waals surface area (Å²) in [5.41, 5.74) is 4.07. The Kier molecular flexibility index (Phi) is 8.70. The Balaban J connectivity index is 0.000000312. The molecule has 0 spiro atoms. The number of hydrogen-bond acceptors (Lipinski definition) is 4. The van der Waals surface area contributed by atoms with Crippen LogP contribution in [0.5, 0.6) is 0 Å². The van der Waals surface area contributed by atoms with E-state index < -0.39 is 23.1 Å². The highest BCUT2D eigenvalue weighted by molar-refractivity contribution is 6.03. The monoisotopic (exact) mass is 541 g/mol. The van der Waals surface area contributed by atoms with Gasteiger partial charge in [0.1, 0.15) is 16.9 Å². The molecular formula is C31H29F2N5O2. The van der Waals surface area contributed by atoms with Crippen molar-refractivity contribution >= 4 is 27.8 Å². The summed E-state index contributed by atoms with van der Waals surface area (Å²) in [7, 11) is 0. The quantitative estimate of drug-likeness (QED) is 0.295. The molecular weight excluding hydrogens is 512 g/mol. The number of aromatic amines is 1. The van der Waals surface area contributed by atoms with Gasteiger partial charge in [-0.15, -0.1) is 0 Å². The second-order valence-electron chi connectivity index (χ2n) is 9.35. The fourth-order valence-electron chi connectivity index (χ4n) is 4.33. The lowest BCUT2D eigenvalue weighted by molar-refractivity contribution is 0.0957. The summed E-state index contributed by atoms with van der Waals surface area (Å²) in [5.74, 6) is 4.96. The first-order chi connectivity index (χ1) is 19.2. The third-order valence-electron chi connectivity index (χ3n) is 6.23. The molecule has 9 heteroatoms. The maximum absolute atomic E-state index is 12.4. The maximum atomic E-state index is 12.4. The maximum Gasteiger partial charge on any atom is 0.260 e. The van der Waals surface area contributed by atoms with Crippen LogP contribution in [0.1, 0.15) is 54.1 Å². The first kappa shape index (κ1) is 28.2. The van der Waals surface area contributed by atoms with Crippen LogP contribution in [0.15, 0.2) is 65.7 Å². The van der Waals surface area contributed by atoms with Gasteiger partial charge >= 0.3 is 0 Å². The molecule has 7 nitrogen and oxygen atoms in total. The lowest BCUT2D eigenvalue weighted by Crippen LogP contribution is -2.29. The molecule has 40 heavy (non-hydrogen) atoms. The van der Waals surface area contributed by atoms with Crippen molar-refractivity contribution in [1.29, 1.82) is 0 Å². The Bertz CT molecular complexity index is 1810. The first-order valence-corrected chi connectivity index (χ1v) is 12.9. The van der Waals surface area contributed by atoms with E-state index in [0.29, 0.717) is 0 Å². The summed E-state index contributed by atoms with van der Waals surface area (Å²) in [4.78, 5) is 35.4. The van der Waals surface area contributed by atoms with E-state index in [2.05, 4.69) is 50.5 Å². The molecule has 0 radical (unpaired) electrons. The highest BCUT2D eigenvalue weighted by atomic mass is 19.2. The van der Waals surface area contributed by atoms with Crippen molar-refractivity contribution in [1.82, 2.24) is 24.8 Å². The van der Waals surface area contributed by atoms with Gasteiger partial charge in [0.15, 0.2) is 11.6 Å². The zero-order valence-electron chi connectivity index (χ0n) is 22.7. The second-order valence-corrected chi connectivity index (χ2v) is 9.35. The van der Waals surface area contributed by atoms with Gasteiger partial charge in [-0.05, 0) is 75.2 Å². The molecule has 0 aliphatic rings. The number of imidazole rings is 1. The standard InChI is InChI=1S/C23H21N5O2.C8H8F2/c1-14(2)28-15(3)27-20-13-26-19-9-8-16(12-18(19)21(20)28)6-4-10-24-22(29)17-7-5-11-25-23(17)30;1-2-6-3-4-7(9)8(10)5-6/h5,7-9,11-14H,10H2,1-3H3,(H,24,29)(H,25,30);3-5H,2H2,1H3. The molecule has 0 unspecified atom stereocenters. The number of fused-ring (bicyclic) bond motifs is 3. The number of carbonyl (C=O) groups excluding carboxylic acids is 1. The summed E-state index contributed by atoms with van der Waals surface area (Å²) >= 11 is 0. The average Bonchev–Trinajstić information content (AvgIpc) is 3.29. The van der Waals surface area contributed by atoms with E-state index in [-0.39, 0.29) is 18.2 Å². The molecule has 2 aromatic carbocycles. The lowest BCUT2D eigenvalue weighted by Gasteiger charge is -2.12. The third-order valence-corrected chi connectivity index (χ3v) is 6.23. The van der Waals surface area contributed by atoms with Gasteiger partial charge in [0.05, 0.1) is 23.8 Å². The Hall–Kier alpha value is -4.84. The highest BCUT2D eigenvalue weighted by Crippen LogP contribution is 2.28. The summed E-state index contributed by atoms with van der Waals surface area (Å²) in [6, 6.07) is 13.1. The van der Waals surface area contributed by atoms with Crippen LogP contribution in [0.3, 0.4) is 0 Å². The van der Waals surface area contributed by atoms with Gasteiger partial charge in [0, 0.05) is 23.2 Å². The van der Waals surface area contributed by atoms with E-state index in [1.54, 1.807) is 18.3 Å². The smallest absolute Gasteiger partial charge is 0.260 e. The Morgan fingerprint density at radius 3 is 2.60 bits per heavy atom. The molecule has 0 aliphatic carbocycles. The van der Waals surface area contributed by atoms with E-state index in [1.807, 2.05) is 32.0 Å². The van der Waals surface area contributed by atoms with Gasteiger partial charge in [0.2, 0.25) is 0 Å². The molecule has 0 aliphatic heterocycles. The molecule has 3 aromatic heterocycles. The van der Waals surface area contributed by atoms with Crippen LogP contribution in [0.4, 0.5) is 8.78 Å². The molecule has 2 N–H and O–H groups in total. The fourth-order valence-corrected chi connectivity index (χ4v) is 4.33. The lowest BCUT2D eigenvalue weighted by atomic mass is 10.1. The molecule has 0 saturated heterocycles. The van der Waals surface area contributed by atoms with Gasteiger partial charge in [0.25, 0.3) is 11.5 Å². The number of nitrogens with zero attached hydrogens (tertiary/aromatic N) is 3. The van der Waals surface area contributed by atoms with Crippen LogP contribution in [-0.4, -0.2) is 32.0 Å². The van der Waals surface area contributed by atoms with Crippen LogP contribution in [0.2, 0.25) is 0 Å². The van der Waals surface area contributed by atoms with Crippen molar-refractivity contribution in [3.63, 3.8) is 0 Å². The Labute approximate surface area is 230 Å². The molecule has 5 aromatic rings. The number of pyridine rings is 2. The minimum Gasteiger partial charge on any atom is -0.341 e. The largest absolute Gasteiger partial charge is 0.341 e. The van der Waals surface area contributed by atoms with Gasteiger partial charge < -0.3 is 14.9 Å². The summed E-state index contributed by atoms with van der Waals surface area (Å²) in [6.07, 6.45) is 4.02. The average molecular weight is 542 g/mol. The number of hydrogen-bond donors (Lipinski definition) is 2. The number of aromatic nitrogens is 4. The molecule has 3 heterocycles. The summed E-state index contributed by atoms with van der Waals surface area (Å²) in [6.45, 7) is 8.29. The van der Waals surface area contributed by atoms with Gasteiger partial charge in [-0.25, -0.2) is 13.8 Å². The summed E-state index contributed by atoms with van der Waals surface area (Å²) < 4.78 is 26.9. The number of benzene rings is 2. The van der Waals surface area contributed by atoms with Crippen molar-refractivity contribution < 1.29 is 13.6 Å². The zero-order valence-corrected chi connectivity index (χ0v) is 22.7. The molecule has 1 amide bonds. The normalized spacial score (nSPS) is 10.7. The van der Waals surface area contributed by atoms with Crippen LogP contribution in [0, 0.1) is 30.4 Å². The second kappa shape index (κ2) is 12.3. The van der Waals surface area contributed by atoms with Crippen molar-refractivity contribution in [2.75, 3.05) is 6.54 Å². The van der Waals surface area contributed by atoms with Crippen molar-refractivity contribution in [3.8, 4) is 11.8 Å². The van der Waals surface area contributed by atoms with Crippen LogP contribution in [0.25, 0.3) is 21.9 Å². The number of H-pyrrole nitrogens is 1. The highest BCUT2D eigenvalue weighted by Gasteiger charge is 2.14. The SMILES string of the molecule is CCc1ccc(F)c(F)c1.Cc1nc2cnc3ccc(C#CCNC(=O)c4ccc[nH]c4=O)cc3c2n1C(C)C. The molecule has 204 valence electrons. The Morgan fingerprint density at radius 1 is 1.10 bits per heavy atom. The van der Waals surface area contributed by atoms with Crippen molar-refractivity contribution in [2.45, 2.75) is 40.2 Å². The van der Waals surface area contributed by atoms with Gasteiger partial charge in [-0.3, -0.25) is 14.6 Å². The van der Waals surface area contributed by atoms with Crippen molar-refractivity contribution in [2.24, 2.45) is 0 Å². The van der Waals surface area contributed by atoms with Crippen molar-refractivity contribution in [3.05, 3.63) is 105 Å².